The van der Waals surface area contributed by atoms with E-state index in [-0.39, 0.29) is 11.7 Å². The van der Waals surface area contributed by atoms with Crippen molar-refractivity contribution < 1.29 is 9.90 Å². The number of benzene rings is 1. The first-order chi connectivity index (χ1) is 13.0. The van der Waals surface area contributed by atoms with Crippen molar-refractivity contribution in [2.75, 3.05) is 10.6 Å². The summed E-state index contributed by atoms with van der Waals surface area (Å²) in [4.78, 5) is 21.5. The summed E-state index contributed by atoms with van der Waals surface area (Å²) < 4.78 is 1.70. The van der Waals surface area contributed by atoms with Crippen molar-refractivity contribution >= 4 is 39.4 Å². The Bertz CT molecular complexity index is 1150. The summed E-state index contributed by atoms with van der Waals surface area (Å²) in [6.07, 6.45) is 4.78. The van der Waals surface area contributed by atoms with Crippen LogP contribution in [-0.4, -0.2) is 30.6 Å². The van der Waals surface area contributed by atoms with Gasteiger partial charge in [0.15, 0.2) is 10.9 Å². The second-order valence-electron chi connectivity index (χ2n) is 5.96. The van der Waals surface area contributed by atoms with Crippen molar-refractivity contribution in [2.24, 2.45) is 0 Å². The molecule has 1 aromatic carbocycles. The standard InChI is InChI=1S/C18H16N6O2S/c1-10-5-6-13(25)11(2)15(10)22-17(26)14-8-19-18(27-14)23-16-12-4-3-7-24(12)21-9-20-16/h3-9,25H,1-2H3,(H,22,26)(H,19,20,21,23). The molecule has 0 bridgehead atoms. The SMILES string of the molecule is Cc1ccc(O)c(C)c1NC(=O)c1cnc(Nc2ncnn3cccc23)s1. The fourth-order valence-electron chi connectivity index (χ4n) is 2.70. The zero-order chi connectivity index (χ0) is 19.0. The fourth-order valence-corrected chi connectivity index (χ4v) is 3.41. The number of hydrogen-bond donors (Lipinski definition) is 3. The van der Waals surface area contributed by atoms with Crippen molar-refractivity contribution in [1.29, 1.82) is 0 Å². The van der Waals surface area contributed by atoms with Gasteiger partial charge in [0.25, 0.3) is 5.91 Å². The van der Waals surface area contributed by atoms with Crippen LogP contribution in [0.3, 0.4) is 0 Å². The number of aromatic hydroxyl groups is 1. The van der Waals surface area contributed by atoms with Crippen LogP contribution in [0.4, 0.5) is 16.6 Å². The van der Waals surface area contributed by atoms with E-state index in [1.165, 1.54) is 23.9 Å². The van der Waals surface area contributed by atoms with Crippen LogP contribution in [0, 0.1) is 13.8 Å². The average Bonchev–Trinajstić information content (AvgIpc) is 3.32. The molecule has 136 valence electrons. The van der Waals surface area contributed by atoms with Gasteiger partial charge in [-0.25, -0.2) is 14.5 Å². The summed E-state index contributed by atoms with van der Waals surface area (Å²) in [5.74, 6) is 0.464. The molecule has 4 rings (SSSR count). The number of fused-ring (bicyclic) bond motifs is 1. The first-order valence-electron chi connectivity index (χ1n) is 8.14. The summed E-state index contributed by atoms with van der Waals surface area (Å²) in [5.41, 5.74) is 2.92. The van der Waals surface area contributed by atoms with E-state index in [1.807, 2.05) is 25.3 Å². The highest BCUT2D eigenvalue weighted by Gasteiger charge is 2.15. The predicted molar refractivity (Wildman–Crippen MR) is 104 cm³/mol. The Kier molecular flexibility index (Phi) is 4.21. The number of nitrogens with zero attached hydrogens (tertiary/aromatic N) is 4. The van der Waals surface area contributed by atoms with Crippen LogP contribution in [0.2, 0.25) is 0 Å². The Morgan fingerprint density at radius 3 is 2.93 bits per heavy atom. The number of hydrogen-bond acceptors (Lipinski definition) is 7. The molecule has 0 atom stereocenters. The van der Waals surface area contributed by atoms with E-state index < -0.39 is 0 Å². The van der Waals surface area contributed by atoms with Gasteiger partial charge < -0.3 is 15.7 Å². The van der Waals surface area contributed by atoms with Crippen LogP contribution in [-0.2, 0) is 0 Å². The lowest BCUT2D eigenvalue weighted by molar-refractivity contribution is 0.103. The molecular weight excluding hydrogens is 364 g/mol. The quantitative estimate of drug-likeness (QED) is 0.500. The molecular formula is C18H16N6O2S. The molecule has 3 N–H and O–H groups in total. The molecule has 0 aliphatic carbocycles. The van der Waals surface area contributed by atoms with E-state index in [1.54, 1.807) is 23.6 Å². The number of amides is 1. The summed E-state index contributed by atoms with van der Waals surface area (Å²) in [5, 5.41) is 20.5. The number of aryl methyl sites for hydroxylation is 1. The number of rotatable bonds is 4. The van der Waals surface area contributed by atoms with Crippen molar-refractivity contribution in [2.45, 2.75) is 13.8 Å². The molecule has 0 unspecified atom stereocenters. The number of nitrogens with one attached hydrogen (secondary N) is 2. The lowest BCUT2D eigenvalue weighted by Crippen LogP contribution is -2.12. The minimum atomic E-state index is -0.284. The van der Waals surface area contributed by atoms with Crippen molar-refractivity contribution in [3.63, 3.8) is 0 Å². The zero-order valence-electron chi connectivity index (χ0n) is 14.6. The number of phenolic OH excluding ortho intramolecular Hbond substituents is 1. The second-order valence-corrected chi connectivity index (χ2v) is 6.99. The number of aromatic nitrogens is 4. The maximum atomic E-state index is 12.6. The minimum absolute atomic E-state index is 0.141. The van der Waals surface area contributed by atoms with Crippen LogP contribution in [0.1, 0.15) is 20.8 Å². The van der Waals surface area contributed by atoms with Gasteiger partial charge in [-0.15, -0.1) is 0 Å². The molecule has 9 heteroatoms. The van der Waals surface area contributed by atoms with E-state index in [0.29, 0.717) is 27.1 Å². The number of anilines is 3. The van der Waals surface area contributed by atoms with Crippen molar-refractivity contribution in [1.82, 2.24) is 19.6 Å². The van der Waals surface area contributed by atoms with E-state index in [4.69, 9.17) is 0 Å². The lowest BCUT2D eigenvalue weighted by Gasteiger charge is -2.11. The van der Waals surface area contributed by atoms with Gasteiger partial charge in [0.1, 0.15) is 22.5 Å². The highest BCUT2D eigenvalue weighted by molar-refractivity contribution is 7.17. The second kappa shape index (κ2) is 6.69. The summed E-state index contributed by atoms with van der Waals surface area (Å²) >= 11 is 1.22. The third kappa shape index (κ3) is 3.20. The Balaban J connectivity index is 1.55. The Morgan fingerprint density at radius 2 is 2.07 bits per heavy atom. The monoisotopic (exact) mass is 380 g/mol. The molecule has 8 nitrogen and oxygen atoms in total. The van der Waals surface area contributed by atoms with E-state index >= 15 is 0 Å². The van der Waals surface area contributed by atoms with Gasteiger partial charge in [0, 0.05) is 11.8 Å². The maximum Gasteiger partial charge on any atom is 0.267 e. The Morgan fingerprint density at radius 1 is 1.22 bits per heavy atom. The van der Waals surface area contributed by atoms with Gasteiger partial charge >= 0.3 is 0 Å². The van der Waals surface area contributed by atoms with E-state index in [2.05, 4.69) is 25.7 Å². The number of phenols is 1. The first kappa shape index (κ1) is 17.0. The lowest BCUT2D eigenvalue weighted by atomic mass is 10.1. The largest absolute Gasteiger partial charge is 0.508 e. The normalized spacial score (nSPS) is 10.9. The van der Waals surface area contributed by atoms with Crippen LogP contribution < -0.4 is 10.6 Å². The van der Waals surface area contributed by atoms with E-state index in [0.717, 1.165) is 11.1 Å². The van der Waals surface area contributed by atoms with Gasteiger partial charge in [-0.1, -0.05) is 17.4 Å². The average molecular weight is 380 g/mol. The highest BCUT2D eigenvalue weighted by Crippen LogP contribution is 2.29. The fraction of sp³-hybridized carbons (Fsp3) is 0.111. The molecule has 0 saturated heterocycles. The first-order valence-corrected chi connectivity index (χ1v) is 8.96. The summed E-state index contributed by atoms with van der Waals surface area (Å²) in [6, 6.07) is 7.13. The van der Waals surface area contributed by atoms with Gasteiger partial charge in [-0.05, 0) is 37.6 Å². The molecule has 3 aromatic heterocycles. The van der Waals surface area contributed by atoms with Crippen LogP contribution >= 0.6 is 11.3 Å². The third-order valence-electron chi connectivity index (χ3n) is 4.17. The van der Waals surface area contributed by atoms with Crippen LogP contribution in [0.25, 0.3) is 5.52 Å². The molecule has 0 spiro atoms. The molecule has 3 heterocycles. The smallest absolute Gasteiger partial charge is 0.267 e. The predicted octanol–water partition coefficient (Wildman–Crippen LogP) is 3.50. The topological polar surface area (TPSA) is 104 Å². The molecule has 0 aliphatic heterocycles. The molecule has 1 amide bonds. The van der Waals surface area contributed by atoms with Gasteiger partial charge in [0.05, 0.1) is 11.9 Å². The van der Waals surface area contributed by atoms with Crippen molar-refractivity contribution in [3.8, 4) is 5.75 Å². The number of thiazole rings is 1. The van der Waals surface area contributed by atoms with Crippen LogP contribution in [0.15, 0.2) is 43.0 Å². The maximum absolute atomic E-state index is 12.6. The molecule has 27 heavy (non-hydrogen) atoms. The molecule has 0 fully saturated rings. The van der Waals surface area contributed by atoms with Crippen molar-refractivity contribution in [3.05, 3.63) is 59.0 Å². The Hall–Kier alpha value is -3.46. The highest BCUT2D eigenvalue weighted by atomic mass is 32.1. The zero-order valence-corrected chi connectivity index (χ0v) is 15.4. The molecule has 4 aromatic rings. The summed E-state index contributed by atoms with van der Waals surface area (Å²) in [7, 11) is 0. The van der Waals surface area contributed by atoms with Gasteiger partial charge in [0.2, 0.25) is 0 Å². The number of carbonyl (C=O) groups is 1. The minimum Gasteiger partial charge on any atom is -0.508 e. The molecule has 0 saturated carbocycles. The third-order valence-corrected chi connectivity index (χ3v) is 5.08. The molecule has 0 radical (unpaired) electrons. The summed E-state index contributed by atoms with van der Waals surface area (Å²) in [6.45, 7) is 3.63. The van der Waals surface area contributed by atoms with E-state index in [9.17, 15) is 9.90 Å². The molecule has 0 aliphatic rings. The Labute approximate surface area is 158 Å². The van der Waals surface area contributed by atoms with Gasteiger partial charge in [-0.2, -0.15) is 5.10 Å². The van der Waals surface area contributed by atoms with Crippen LogP contribution in [0.5, 0.6) is 5.75 Å². The van der Waals surface area contributed by atoms with Gasteiger partial charge in [-0.3, -0.25) is 4.79 Å². The number of carbonyl (C=O) groups excluding carboxylic acids is 1.